The van der Waals surface area contributed by atoms with E-state index in [-0.39, 0.29) is 18.2 Å². The monoisotopic (exact) mass is 353 g/mol. The molecule has 2 rings (SSSR count). The lowest BCUT2D eigenvalue weighted by molar-refractivity contribution is 0.0960. The number of carbonyl (C=O) groups excluding carboxylic acids is 1. The minimum absolute atomic E-state index is 0.0600. The van der Waals surface area contributed by atoms with Crippen molar-refractivity contribution < 1.29 is 13.2 Å². The number of amides is 1. The quantitative estimate of drug-likeness (QED) is 0.858. The SMILES string of the molecule is Cc1nc(-c2ccccc2)c(C(=O)NCCS(=O)(=O)N(C)C)s1. The molecule has 8 heteroatoms. The Morgan fingerprint density at radius 3 is 2.52 bits per heavy atom. The molecule has 1 N–H and O–H groups in total. The molecule has 0 aliphatic carbocycles. The molecule has 0 saturated heterocycles. The van der Waals surface area contributed by atoms with E-state index in [9.17, 15) is 13.2 Å². The molecule has 0 atom stereocenters. The number of nitrogens with one attached hydrogen (secondary N) is 1. The van der Waals surface area contributed by atoms with Crippen LogP contribution in [-0.4, -0.2) is 50.0 Å². The first-order chi connectivity index (χ1) is 10.8. The molecule has 0 radical (unpaired) electrons. The van der Waals surface area contributed by atoms with Crippen LogP contribution in [-0.2, 0) is 10.0 Å². The largest absolute Gasteiger partial charge is 0.350 e. The number of benzene rings is 1. The highest BCUT2D eigenvalue weighted by Crippen LogP contribution is 2.27. The van der Waals surface area contributed by atoms with Gasteiger partial charge in [0.15, 0.2) is 0 Å². The van der Waals surface area contributed by atoms with Gasteiger partial charge in [-0.1, -0.05) is 30.3 Å². The first kappa shape index (κ1) is 17.6. The third-order valence-electron chi connectivity index (χ3n) is 3.19. The molecule has 2 aromatic rings. The maximum Gasteiger partial charge on any atom is 0.263 e. The number of rotatable bonds is 6. The molecular weight excluding hydrogens is 334 g/mol. The summed E-state index contributed by atoms with van der Waals surface area (Å²) in [5.41, 5.74) is 1.49. The van der Waals surface area contributed by atoms with Gasteiger partial charge in [-0.3, -0.25) is 4.79 Å². The number of nitrogens with zero attached hydrogens (tertiary/aromatic N) is 2. The van der Waals surface area contributed by atoms with Gasteiger partial charge in [0.05, 0.1) is 16.5 Å². The Labute approximate surface area is 140 Å². The lowest BCUT2D eigenvalue weighted by Crippen LogP contribution is -2.33. The maximum absolute atomic E-state index is 12.4. The first-order valence-corrected chi connectivity index (χ1v) is 9.45. The molecule has 1 aromatic carbocycles. The Morgan fingerprint density at radius 1 is 1.26 bits per heavy atom. The van der Waals surface area contributed by atoms with Crippen LogP contribution in [0.15, 0.2) is 30.3 Å². The van der Waals surface area contributed by atoms with E-state index in [1.54, 1.807) is 0 Å². The summed E-state index contributed by atoms with van der Waals surface area (Å²) < 4.78 is 24.6. The number of sulfonamides is 1. The van der Waals surface area contributed by atoms with Crippen molar-refractivity contribution in [1.82, 2.24) is 14.6 Å². The van der Waals surface area contributed by atoms with Gasteiger partial charge in [0.1, 0.15) is 4.88 Å². The van der Waals surface area contributed by atoms with Gasteiger partial charge in [0.2, 0.25) is 10.0 Å². The molecule has 124 valence electrons. The van der Waals surface area contributed by atoms with Gasteiger partial charge in [-0.25, -0.2) is 17.7 Å². The number of thiazole rings is 1. The second-order valence-corrected chi connectivity index (χ2v) is 8.64. The molecule has 23 heavy (non-hydrogen) atoms. The van der Waals surface area contributed by atoms with Crippen molar-refractivity contribution in [2.24, 2.45) is 0 Å². The van der Waals surface area contributed by atoms with Crippen LogP contribution in [0.25, 0.3) is 11.3 Å². The van der Waals surface area contributed by atoms with Gasteiger partial charge in [-0.05, 0) is 6.92 Å². The van der Waals surface area contributed by atoms with Crippen molar-refractivity contribution in [2.45, 2.75) is 6.92 Å². The standard InChI is InChI=1S/C15H19N3O3S2/c1-11-17-13(12-7-5-4-6-8-12)14(22-11)15(19)16-9-10-23(20,21)18(2)3/h4-8H,9-10H2,1-3H3,(H,16,19). The topological polar surface area (TPSA) is 79.4 Å². The van der Waals surface area contributed by atoms with Crippen LogP contribution < -0.4 is 5.32 Å². The van der Waals surface area contributed by atoms with E-state index in [4.69, 9.17) is 0 Å². The van der Waals surface area contributed by atoms with Gasteiger partial charge in [0, 0.05) is 26.2 Å². The zero-order valence-electron chi connectivity index (χ0n) is 13.2. The van der Waals surface area contributed by atoms with Gasteiger partial charge in [-0.15, -0.1) is 11.3 Å². The molecule has 6 nitrogen and oxygen atoms in total. The number of carbonyl (C=O) groups is 1. The summed E-state index contributed by atoms with van der Waals surface area (Å²) in [6.07, 6.45) is 0. The average Bonchev–Trinajstić information content (AvgIpc) is 2.90. The average molecular weight is 353 g/mol. The Morgan fingerprint density at radius 2 is 1.91 bits per heavy atom. The summed E-state index contributed by atoms with van der Waals surface area (Å²) in [5.74, 6) is -0.437. The highest BCUT2D eigenvalue weighted by Gasteiger charge is 2.19. The van der Waals surface area contributed by atoms with Crippen LogP contribution in [0, 0.1) is 6.92 Å². The molecule has 0 spiro atoms. The van der Waals surface area contributed by atoms with Crippen LogP contribution in [0.3, 0.4) is 0 Å². The molecule has 0 unspecified atom stereocenters. The number of aromatic nitrogens is 1. The second kappa shape index (κ2) is 7.20. The lowest BCUT2D eigenvalue weighted by Gasteiger charge is -2.11. The second-order valence-electron chi connectivity index (χ2n) is 5.13. The smallest absolute Gasteiger partial charge is 0.263 e. The summed E-state index contributed by atoms with van der Waals surface area (Å²) >= 11 is 1.30. The summed E-state index contributed by atoms with van der Waals surface area (Å²) in [6.45, 7) is 1.90. The van der Waals surface area contributed by atoms with E-state index >= 15 is 0 Å². The number of hydrogen-bond acceptors (Lipinski definition) is 5. The molecular formula is C15H19N3O3S2. The maximum atomic E-state index is 12.4. The zero-order valence-corrected chi connectivity index (χ0v) is 14.9. The number of aryl methyl sites for hydroxylation is 1. The van der Waals surface area contributed by atoms with Crippen LogP contribution in [0.1, 0.15) is 14.7 Å². The fraction of sp³-hybridized carbons (Fsp3) is 0.333. The summed E-state index contributed by atoms with van der Waals surface area (Å²) in [5, 5.41) is 3.45. The van der Waals surface area contributed by atoms with Crippen LogP contribution >= 0.6 is 11.3 Å². The highest BCUT2D eigenvalue weighted by atomic mass is 32.2. The summed E-state index contributed by atoms with van der Waals surface area (Å²) in [4.78, 5) is 17.3. The third kappa shape index (κ3) is 4.37. The Kier molecular flexibility index (Phi) is 5.51. The van der Waals surface area contributed by atoms with Crippen molar-refractivity contribution in [2.75, 3.05) is 26.4 Å². The van der Waals surface area contributed by atoms with Crippen molar-refractivity contribution in [1.29, 1.82) is 0 Å². The van der Waals surface area contributed by atoms with Crippen molar-refractivity contribution >= 4 is 27.3 Å². The van der Waals surface area contributed by atoms with Gasteiger partial charge in [0.25, 0.3) is 5.91 Å². The third-order valence-corrected chi connectivity index (χ3v) is 5.99. The minimum atomic E-state index is -3.33. The molecule has 1 heterocycles. The molecule has 0 fully saturated rings. The molecule has 1 aromatic heterocycles. The summed E-state index contributed by atoms with van der Waals surface area (Å²) in [6, 6.07) is 9.45. The highest BCUT2D eigenvalue weighted by molar-refractivity contribution is 7.89. The predicted octanol–water partition coefficient (Wildman–Crippen LogP) is 1.74. The first-order valence-electron chi connectivity index (χ1n) is 7.02. The fourth-order valence-corrected chi connectivity index (χ4v) is 3.51. The normalized spacial score (nSPS) is 11.7. The van der Waals surface area contributed by atoms with Crippen LogP contribution in [0.4, 0.5) is 0 Å². The summed E-state index contributed by atoms with van der Waals surface area (Å²) in [7, 11) is -0.388. The van der Waals surface area contributed by atoms with Crippen LogP contribution in [0.5, 0.6) is 0 Å². The van der Waals surface area contributed by atoms with Gasteiger partial charge < -0.3 is 5.32 Å². The molecule has 0 saturated carbocycles. The van der Waals surface area contributed by atoms with Crippen molar-refractivity contribution in [3.05, 3.63) is 40.2 Å². The van der Waals surface area contributed by atoms with Crippen molar-refractivity contribution in [3.8, 4) is 11.3 Å². The van der Waals surface area contributed by atoms with E-state index < -0.39 is 10.0 Å². The Balaban J connectivity index is 2.12. The van der Waals surface area contributed by atoms with E-state index in [1.807, 2.05) is 37.3 Å². The number of hydrogen-bond donors (Lipinski definition) is 1. The van der Waals surface area contributed by atoms with Gasteiger partial charge >= 0.3 is 0 Å². The van der Waals surface area contributed by atoms with E-state index in [2.05, 4.69) is 10.3 Å². The Hall–Kier alpha value is -1.77. The molecule has 0 aliphatic rings. The fourth-order valence-electron chi connectivity index (χ4n) is 1.93. The van der Waals surface area contributed by atoms with Crippen molar-refractivity contribution in [3.63, 3.8) is 0 Å². The minimum Gasteiger partial charge on any atom is -0.350 e. The molecule has 0 bridgehead atoms. The van der Waals surface area contributed by atoms with Crippen LogP contribution in [0.2, 0.25) is 0 Å². The van der Waals surface area contributed by atoms with E-state index in [0.717, 1.165) is 14.9 Å². The molecule has 0 aliphatic heterocycles. The van der Waals surface area contributed by atoms with E-state index in [0.29, 0.717) is 10.6 Å². The predicted molar refractivity (Wildman–Crippen MR) is 92.1 cm³/mol. The lowest BCUT2D eigenvalue weighted by atomic mass is 10.1. The van der Waals surface area contributed by atoms with Gasteiger partial charge in [-0.2, -0.15) is 0 Å². The van der Waals surface area contributed by atoms with E-state index in [1.165, 1.54) is 25.4 Å². The zero-order chi connectivity index (χ0) is 17.0. The Bertz CT molecular complexity index is 784. The molecule has 1 amide bonds.